The van der Waals surface area contributed by atoms with Crippen molar-refractivity contribution in [2.75, 3.05) is 19.8 Å². The van der Waals surface area contributed by atoms with E-state index in [0.717, 1.165) is 0 Å². The Morgan fingerprint density at radius 2 is 2.38 bits per heavy atom. The molecule has 3 heteroatoms. The summed E-state index contributed by atoms with van der Waals surface area (Å²) in [6.07, 6.45) is 0. The lowest BCUT2D eigenvalue weighted by Crippen LogP contribution is -2.22. The number of hydrogen-bond acceptors (Lipinski definition) is 3. The number of rotatable bonds is 4. The van der Waals surface area contributed by atoms with Crippen LogP contribution < -0.4 is 5.73 Å². The van der Waals surface area contributed by atoms with Crippen LogP contribution in [0.5, 0.6) is 0 Å². The average Bonchev–Trinajstić information content (AvgIpc) is 1.66. The largest absolute Gasteiger partial charge is 0.394 e. The fraction of sp³-hybridized carbons (Fsp3) is 1.00. The van der Waals surface area contributed by atoms with Crippen molar-refractivity contribution in [3.8, 4) is 0 Å². The predicted molar refractivity (Wildman–Crippen MR) is 31.6 cm³/mol. The standard InChI is InChI=1S/C5H13NO2/c1-5(6)4-8-3-2-7/h5,7H,2-4,6H2,1H3. The molecule has 0 amide bonds. The van der Waals surface area contributed by atoms with E-state index < -0.39 is 0 Å². The van der Waals surface area contributed by atoms with Crippen molar-refractivity contribution in [1.82, 2.24) is 0 Å². The van der Waals surface area contributed by atoms with Crippen LogP contribution in [-0.4, -0.2) is 31.0 Å². The van der Waals surface area contributed by atoms with Crippen LogP contribution in [0.1, 0.15) is 6.92 Å². The lowest BCUT2D eigenvalue weighted by molar-refractivity contribution is 0.0858. The first-order chi connectivity index (χ1) is 3.77. The minimum absolute atomic E-state index is 0.0709. The van der Waals surface area contributed by atoms with Gasteiger partial charge in [-0.15, -0.1) is 0 Å². The van der Waals surface area contributed by atoms with E-state index >= 15 is 0 Å². The van der Waals surface area contributed by atoms with Gasteiger partial charge in [-0.2, -0.15) is 0 Å². The van der Waals surface area contributed by atoms with E-state index in [0.29, 0.717) is 13.2 Å². The SMILES string of the molecule is CC(N)COCCO. The smallest absolute Gasteiger partial charge is 0.0698 e. The second-order valence-electron chi connectivity index (χ2n) is 1.78. The van der Waals surface area contributed by atoms with Crippen LogP contribution >= 0.6 is 0 Å². The zero-order chi connectivity index (χ0) is 6.41. The molecule has 50 valence electrons. The van der Waals surface area contributed by atoms with Gasteiger partial charge in [0.1, 0.15) is 0 Å². The van der Waals surface area contributed by atoms with Gasteiger partial charge in [-0.3, -0.25) is 0 Å². The zero-order valence-corrected chi connectivity index (χ0v) is 5.13. The highest BCUT2D eigenvalue weighted by Crippen LogP contribution is 1.76. The molecule has 0 aromatic heterocycles. The molecule has 3 N–H and O–H groups in total. The molecule has 0 rings (SSSR count). The molecule has 0 saturated carbocycles. The highest BCUT2D eigenvalue weighted by atomic mass is 16.5. The van der Waals surface area contributed by atoms with Crippen molar-refractivity contribution in [3.05, 3.63) is 0 Å². The van der Waals surface area contributed by atoms with Gasteiger partial charge >= 0.3 is 0 Å². The first-order valence-corrected chi connectivity index (χ1v) is 2.71. The van der Waals surface area contributed by atoms with E-state index in [4.69, 9.17) is 15.6 Å². The van der Waals surface area contributed by atoms with E-state index in [-0.39, 0.29) is 12.6 Å². The lowest BCUT2D eigenvalue weighted by atomic mass is 10.4. The maximum Gasteiger partial charge on any atom is 0.0698 e. The maximum absolute atomic E-state index is 8.21. The first kappa shape index (κ1) is 7.88. The Bertz CT molecular complexity index is 47.7. The predicted octanol–water partition coefficient (Wildman–Crippen LogP) is -0.658. The summed E-state index contributed by atoms with van der Waals surface area (Å²) in [4.78, 5) is 0. The molecule has 0 aliphatic heterocycles. The molecule has 0 aromatic carbocycles. The Labute approximate surface area is 49.4 Å². The van der Waals surface area contributed by atoms with Gasteiger partial charge in [0.25, 0.3) is 0 Å². The quantitative estimate of drug-likeness (QED) is 0.483. The molecule has 0 fully saturated rings. The van der Waals surface area contributed by atoms with Crippen LogP contribution in [0.4, 0.5) is 0 Å². The Morgan fingerprint density at radius 3 is 2.75 bits per heavy atom. The van der Waals surface area contributed by atoms with Crippen molar-refractivity contribution >= 4 is 0 Å². The molecule has 0 aliphatic rings. The topological polar surface area (TPSA) is 55.5 Å². The molecule has 3 nitrogen and oxygen atoms in total. The molecule has 0 aliphatic carbocycles. The van der Waals surface area contributed by atoms with Gasteiger partial charge in [0.05, 0.1) is 19.8 Å². The van der Waals surface area contributed by atoms with Crippen molar-refractivity contribution < 1.29 is 9.84 Å². The van der Waals surface area contributed by atoms with Crippen LogP contribution in [0, 0.1) is 0 Å². The summed E-state index contributed by atoms with van der Waals surface area (Å²) in [7, 11) is 0. The number of aliphatic hydroxyl groups is 1. The molecule has 0 bridgehead atoms. The minimum atomic E-state index is 0.0709. The minimum Gasteiger partial charge on any atom is -0.394 e. The number of nitrogens with two attached hydrogens (primary N) is 1. The van der Waals surface area contributed by atoms with Crippen LogP contribution in [0.3, 0.4) is 0 Å². The van der Waals surface area contributed by atoms with Crippen molar-refractivity contribution in [2.45, 2.75) is 13.0 Å². The molecule has 1 unspecified atom stereocenters. The van der Waals surface area contributed by atoms with Crippen LogP contribution in [0.25, 0.3) is 0 Å². The van der Waals surface area contributed by atoms with Gasteiger partial charge < -0.3 is 15.6 Å². The number of aliphatic hydroxyl groups excluding tert-OH is 1. The fourth-order valence-corrected chi connectivity index (χ4v) is 0.334. The summed E-state index contributed by atoms with van der Waals surface area (Å²) in [5.41, 5.74) is 5.33. The van der Waals surface area contributed by atoms with Gasteiger partial charge in [0.2, 0.25) is 0 Å². The molecular weight excluding hydrogens is 106 g/mol. The Hall–Kier alpha value is -0.120. The van der Waals surface area contributed by atoms with E-state index in [1.54, 1.807) is 0 Å². The summed E-state index contributed by atoms with van der Waals surface area (Å²) in [6, 6.07) is 0.0709. The van der Waals surface area contributed by atoms with Crippen LogP contribution in [0.2, 0.25) is 0 Å². The van der Waals surface area contributed by atoms with Gasteiger partial charge in [-0.25, -0.2) is 0 Å². The highest BCUT2D eigenvalue weighted by molar-refractivity contribution is 4.47. The van der Waals surface area contributed by atoms with Crippen molar-refractivity contribution in [3.63, 3.8) is 0 Å². The molecular formula is C5H13NO2. The molecule has 0 aromatic rings. The molecule has 0 saturated heterocycles. The lowest BCUT2D eigenvalue weighted by Gasteiger charge is -2.03. The van der Waals surface area contributed by atoms with E-state index in [2.05, 4.69) is 0 Å². The maximum atomic E-state index is 8.21. The van der Waals surface area contributed by atoms with Gasteiger partial charge in [0.15, 0.2) is 0 Å². The normalized spacial score (nSPS) is 13.9. The average molecular weight is 119 g/mol. The summed E-state index contributed by atoms with van der Waals surface area (Å²) in [5, 5.41) is 8.21. The summed E-state index contributed by atoms with van der Waals surface area (Å²) < 4.78 is 4.87. The fourth-order valence-electron chi connectivity index (χ4n) is 0.334. The molecule has 0 heterocycles. The second-order valence-corrected chi connectivity index (χ2v) is 1.78. The van der Waals surface area contributed by atoms with Crippen LogP contribution in [0.15, 0.2) is 0 Å². The van der Waals surface area contributed by atoms with Crippen molar-refractivity contribution in [2.24, 2.45) is 5.73 Å². The van der Waals surface area contributed by atoms with E-state index in [9.17, 15) is 0 Å². The van der Waals surface area contributed by atoms with Gasteiger partial charge in [-0.1, -0.05) is 0 Å². The molecule has 0 spiro atoms. The third-order valence-corrected chi connectivity index (χ3v) is 0.616. The number of ether oxygens (including phenoxy) is 1. The monoisotopic (exact) mass is 119 g/mol. The Kier molecular flexibility index (Phi) is 4.95. The molecule has 0 radical (unpaired) electrons. The van der Waals surface area contributed by atoms with Crippen molar-refractivity contribution in [1.29, 1.82) is 0 Å². The first-order valence-electron chi connectivity index (χ1n) is 2.71. The summed E-state index contributed by atoms with van der Waals surface area (Å²) in [5.74, 6) is 0. The van der Waals surface area contributed by atoms with E-state index in [1.165, 1.54) is 0 Å². The van der Waals surface area contributed by atoms with Gasteiger partial charge in [0, 0.05) is 6.04 Å². The van der Waals surface area contributed by atoms with Crippen LogP contribution in [-0.2, 0) is 4.74 Å². The second kappa shape index (κ2) is 5.03. The molecule has 8 heavy (non-hydrogen) atoms. The Morgan fingerprint density at radius 1 is 1.75 bits per heavy atom. The summed E-state index contributed by atoms with van der Waals surface area (Å²) in [6.45, 7) is 2.85. The third kappa shape index (κ3) is 5.88. The Balaban J connectivity index is 2.72. The third-order valence-electron chi connectivity index (χ3n) is 0.616. The number of hydrogen-bond donors (Lipinski definition) is 2. The molecule has 1 atom stereocenters. The summed E-state index contributed by atoms with van der Waals surface area (Å²) >= 11 is 0. The zero-order valence-electron chi connectivity index (χ0n) is 5.13. The van der Waals surface area contributed by atoms with Gasteiger partial charge in [-0.05, 0) is 6.92 Å². The highest BCUT2D eigenvalue weighted by Gasteiger charge is 1.90. The van der Waals surface area contributed by atoms with E-state index in [1.807, 2.05) is 6.92 Å².